The summed E-state index contributed by atoms with van der Waals surface area (Å²) in [6.45, 7) is 2.00. The van der Waals surface area contributed by atoms with Gasteiger partial charge >= 0.3 is 0 Å². The third-order valence-corrected chi connectivity index (χ3v) is 7.12. The Labute approximate surface area is 187 Å². The molecule has 156 valence electrons. The molecule has 32 heavy (non-hydrogen) atoms. The number of hydrogen-bond donors (Lipinski definition) is 0. The molecule has 3 nitrogen and oxygen atoms in total. The Hall–Kier alpha value is -3.72. The summed E-state index contributed by atoms with van der Waals surface area (Å²) >= 11 is 0. The Morgan fingerprint density at radius 3 is 1.59 bits per heavy atom. The molecule has 0 spiro atoms. The first-order chi connectivity index (χ1) is 15.6. The van der Waals surface area contributed by atoms with Crippen LogP contribution in [0, 0.1) is 30.6 Å². The van der Waals surface area contributed by atoms with Crippen LogP contribution in [0.5, 0.6) is 0 Å². The molecule has 6 rings (SSSR count). The van der Waals surface area contributed by atoms with Crippen LogP contribution >= 0.6 is 0 Å². The van der Waals surface area contributed by atoms with E-state index in [2.05, 4.69) is 36.4 Å². The fraction of sp³-hybridized carbons (Fsp3) is 0.172. The predicted octanol–water partition coefficient (Wildman–Crippen LogP) is 5.42. The van der Waals surface area contributed by atoms with Crippen molar-refractivity contribution in [1.82, 2.24) is 0 Å². The van der Waals surface area contributed by atoms with Crippen molar-refractivity contribution in [3.8, 4) is 0 Å². The van der Waals surface area contributed by atoms with E-state index in [0.29, 0.717) is 5.69 Å². The Balaban J connectivity index is 1.48. The molecule has 1 saturated carbocycles. The number of aryl methyl sites for hydroxylation is 1. The van der Waals surface area contributed by atoms with Crippen molar-refractivity contribution >= 4 is 23.1 Å². The molecule has 4 atom stereocenters. The molecule has 0 unspecified atom stereocenters. The summed E-state index contributed by atoms with van der Waals surface area (Å²) < 4.78 is 0. The summed E-state index contributed by atoms with van der Waals surface area (Å²) in [5.41, 5.74) is 6.41. The van der Waals surface area contributed by atoms with Gasteiger partial charge in [0.05, 0.1) is 17.5 Å². The molecule has 3 aromatic rings. The highest BCUT2D eigenvalue weighted by Crippen LogP contribution is 2.58. The maximum absolute atomic E-state index is 13.6. The molecule has 2 fully saturated rings. The van der Waals surface area contributed by atoms with Gasteiger partial charge in [0, 0.05) is 11.8 Å². The van der Waals surface area contributed by atoms with Gasteiger partial charge in [-0.2, -0.15) is 0 Å². The van der Waals surface area contributed by atoms with E-state index >= 15 is 0 Å². The first-order valence-electron chi connectivity index (χ1n) is 11.1. The lowest BCUT2D eigenvalue weighted by Crippen LogP contribution is -2.33. The van der Waals surface area contributed by atoms with E-state index in [1.54, 1.807) is 0 Å². The number of amides is 2. The van der Waals surface area contributed by atoms with Crippen LogP contribution in [0.1, 0.15) is 16.7 Å². The molecule has 2 bridgehead atoms. The third-order valence-electron chi connectivity index (χ3n) is 7.12. The average molecular weight is 418 g/mol. The smallest absolute Gasteiger partial charge is 0.238 e. The van der Waals surface area contributed by atoms with E-state index in [1.165, 1.54) is 10.5 Å². The molecule has 1 saturated heterocycles. The molecule has 3 heteroatoms. The van der Waals surface area contributed by atoms with E-state index in [-0.39, 0.29) is 35.5 Å². The van der Waals surface area contributed by atoms with Gasteiger partial charge < -0.3 is 0 Å². The van der Waals surface area contributed by atoms with Gasteiger partial charge in [-0.05, 0) is 41.3 Å². The summed E-state index contributed by atoms with van der Waals surface area (Å²) in [4.78, 5) is 28.5. The SMILES string of the molecule is Cc1ccc(N2C(=O)[C@@H]3[C@H](C2=O)[C@H]2C=C[C@@H]3C2=C(c2ccccc2)c2ccccc2)cc1. The van der Waals surface area contributed by atoms with Crippen molar-refractivity contribution in [3.63, 3.8) is 0 Å². The number of allylic oxidation sites excluding steroid dienone is 3. The lowest BCUT2D eigenvalue weighted by molar-refractivity contribution is -0.122. The van der Waals surface area contributed by atoms with Crippen LogP contribution in [0.25, 0.3) is 5.57 Å². The lowest BCUT2D eigenvalue weighted by Gasteiger charge is -2.21. The lowest BCUT2D eigenvalue weighted by atomic mass is 9.85. The van der Waals surface area contributed by atoms with Gasteiger partial charge in [0.2, 0.25) is 11.8 Å². The first-order valence-corrected chi connectivity index (χ1v) is 11.1. The van der Waals surface area contributed by atoms with Crippen LogP contribution in [-0.2, 0) is 9.59 Å². The third kappa shape index (κ3) is 2.67. The summed E-state index contributed by atoms with van der Waals surface area (Å²) in [5.74, 6) is -0.885. The summed E-state index contributed by atoms with van der Waals surface area (Å²) in [6, 6.07) is 28.3. The predicted molar refractivity (Wildman–Crippen MR) is 126 cm³/mol. The summed E-state index contributed by atoms with van der Waals surface area (Å²) in [7, 11) is 0. The second-order valence-corrected chi connectivity index (χ2v) is 8.90. The fourth-order valence-electron chi connectivity index (χ4n) is 5.75. The van der Waals surface area contributed by atoms with Crippen LogP contribution in [0.3, 0.4) is 0 Å². The Morgan fingerprint density at radius 2 is 1.12 bits per heavy atom. The largest absolute Gasteiger partial charge is 0.274 e. The number of carbonyl (C=O) groups is 2. The van der Waals surface area contributed by atoms with Crippen molar-refractivity contribution in [2.45, 2.75) is 6.92 Å². The Kier molecular flexibility index (Phi) is 4.25. The van der Waals surface area contributed by atoms with Crippen LogP contribution in [0.2, 0.25) is 0 Å². The van der Waals surface area contributed by atoms with Gasteiger partial charge in [-0.25, -0.2) is 4.90 Å². The number of nitrogens with zero attached hydrogens (tertiary/aromatic N) is 1. The molecule has 0 radical (unpaired) electrons. The van der Waals surface area contributed by atoms with E-state index in [0.717, 1.165) is 22.3 Å². The zero-order valence-electron chi connectivity index (χ0n) is 17.8. The number of benzene rings is 3. The number of rotatable bonds is 3. The highest BCUT2D eigenvalue weighted by atomic mass is 16.2. The highest BCUT2D eigenvalue weighted by Gasteiger charge is 2.62. The van der Waals surface area contributed by atoms with Crippen molar-refractivity contribution < 1.29 is 9.59 Å². The minimum atomic E-state index is -0.323. The van der Waals surface area contributed by atoms with Gasteiger partial charge in [0.1, 0.15) is 0 Å². The van der Waals surface area contributed by atoms with Gasteiger partial charge in [0.25, 0.3) is 0 Å². The summed E-state index contributed by atoms with van der Waals surface area (Å²) in [6.07, 6.45) is 4.30. The average Bonchev–Trinajstić information content (AvgIpc) is 3.46. The topological polar surface area (TPSA) is 37.4 Å². The van der Waals surface area contributed by atoms with Crippen LogP contribution < -0.4 is 4.90 Å². The zero-order chi connectivity index (χ0) is 21.8. The Bertz CT molecular complexity index is 1200. The highest BCUT2D eigenvalue weighted by molar-refractivity contribution is 6.23. The second-order valence-electron chi connectivity index (χ2n) is 8.90. The van der Waals surface area contributed by atoms with E-state index in [1.807, 2.05) is 67.6 Å². The van der Waals surface area contributed by atoms with Crippen molar-refractivity contribution in [2.24, 2.45) is 23.7 Å². The number of fused-ring (bicyclic) bond motifs is 5. The van der Waals surface area contributed by atoms with E-state index in [9.17, 15) is 9.59 Å². The molecule has 0 N–H and O–H groups in total. The minimum Gasteiger partial charge on any atom is -0.274 e. The molecular weight excluding hydrogens is 394 g/mol. The molecule has 1 aliphatic heterocycles. The summed E-state index contributed by atoms with van der Waals surface area (Å²) in [5, 5.41) is 0. The molecule has 1 heterocycles. The van der Waals surface area contributed by atoms with Gasteiger partial charge in [0.15, 0.2) is 0 Å². The van der Waals surface area contributed by atoms with E-state index in [4.69, 9.17) is 0 Å². The number of anilines is 1. The molecular formula is C29H23NO2. The van der Waals surface area contributed by atoms with Crippen molar-refractivity contribution in [2.75, 3.05) is 4.90 Å². The van der Waals surface area contributed by atoms with Gasteiger partial charge in [-0.3, -0.25) is 9.59 Å². The molecule has 0 aromatic heterocycles. The van der Waals surface area contributed by atoms with Crippen molar-refractivity contribution in [3.05, 3.63) is 119 Å². The fourth-order valence-corrected chi connectivity index (χ4v) is 5.75. The number of carbonyl (C=O) groups excluding carboxylic acids is 2. The Morgan fingerprint density at radius 1 is 0.656 bits per heavy atom. The minimum absolute atomic E-state index is 0.0488. The maximum atomic E-state index is 13.6. The van der Waals surface area contributed by atoms with Crippen LogP contribution in [-0.4, -0.2) is 11.8 Å². The molecule has 3 aliphatic rings. The van der Waals surface area contributed by atoms with E-state index < -0.39 is 0 Å². The monoisotopic (exact) mass is 417 g/mol. The van der Waals surface area contributed by atoms with Crippen LogP contribution in [0.4, 0.5) is 5.69 Å². The molecule has 3 aromatic carbocycles. The molecule has 2 aliphatic carbocycles. The molecule has 2 amide bonds. The van der Waals surface area contributed by atoms with Gasteiger partial charge in [-0.15, -0.1) is 0 Å². The number of hydrogen-bond acceptors (Lipinski definition) is 2. The number of imide groups is 1. The first kappa shape index (κ1) is 19.0. The maximum Gasteiger partial charge on any atom is 0.238 e. The normalized spacial score (nSPS) is 25.5. The quantitative estimate of drug-likeness (QED) is 0.422. The van der Waals surface area contributed by atoms with Crippen LogP contribution in [0.15, 0.2) is 103 Å². The standard InChI is InChI=1S/C29H23NO2/c1-18-12-14-21(15-13-18)30-28(31)26-22-16-17-23(27(26)29(30)32)25(22)24(19-8-4-2-5-9-19)20-10-6-3-7-11-20/h2-17,22-23,26-27H,1H3/t22-,23+,26+,27-. The van der Waals surface area contributed by atoms with Gasteiger partial charge in [-0.1, -0.05) is 90.5 Å². The zero-order valence-corrected chi connectivity index (χ0v) is 17.8. The van der Waals surface area contributed by atoms with Crippen molar-refractivity contribution in [1.29, 1.82) is 0 Å². The second kappa shape index (κ2) is 7.16.